The van der Waals surface area contributed by atoms with E-state index in [9.17, 15) is 9.59 Å². The van der Waals surface area contributed by atoms with Crippen molar-refractivity contribution in [3.05, 3.63) is 35.4 Å². The zero-order chi connectivity index (χ0) is 12.7. The minimum Gasteiger partial charge on any atom is -0.469 e. The monoisotopic (exact) mass is 235 g/mol. The van der Waals surface area contributed by atoms with Gasteiger partial charge in [0.1, 0.15) is 0 Å². The third-order valence-electron chi connectivity index (χ3n) is 2.36. The number of carbonyl (C=O) groups excluding carboxylic acids is 2. The summed E-state index contributed by atoms with van der Waals surface area (Å²) in [4.78, 5) is 22.2. The van der Waals surface area contributed by atoms with Gasteiger partial charge in [-0.2, -0.15) is 0 Å². The van der Waals surface area contributed by atoms with E-state index in [1.807, 2.05) is 31.2 Å². The summed E-state index contributed by atoms with van der Waals surface area (Å²) in [6.07, 6.45) is 0.286. The first-order valence-electron chi connectivity index (χ1n) is 5.51. The molecule has 0 unspecified atom stereocenters. The molecule has 4 nitrogen and oxygen atoms in total. The van der Waals surface area contributed by atoms with Gasteiger partial charge in [0, 0.05) is 13.0 Å². The molecule has 0 aliphatic carbocycles. The van der Waals surface area contributed by atoms with E-state index in [1.54, 1.807) is 0 Å². The average molecular weight is 235 g/mol. The molecular formula is C13H17NO3. The van der Waals surface area contributed by atoms with E-state index in [-0.39, 0.29) is 24.7 Å². The number of nitrogens with one attached hydrogen (secondary N) is 1. The molecule has 1 amide bonds. The van der Waals surface area contributed by atoms with Crippen LogP contribution in [-0.4, -0.2) is 19.0 Å². The molecule has 0 aliphatic rings. The van der Waals surface area contributed by atoms with Crippen molar-refractivity contribution in [2.45, 2.75) is 26.3 Å². The van der Waals surface area contributed by atoms with Crippen LogP contribution in [0.15, 0.2) is 24.3 Å². The summed E-state index contributed by atoms with van der Waals surface area (Å²) < 4.78 is 4.46. The smallest absolute Gasteiger partial charge is 0.306 e. The van der Waals surface area contributed by atoms with Crippen molar-refractivity contribution in [3.8, 4) is 0 Å². The predicted molar refractivity (Wildman–Crippen MR) is 64.3 cm³/mol. The highest BCUT2D eigenvalue weighted by molar-refractivity contribution is 5.81. The molecule has 1 aromatic rings. The first kappa shape index (κ1) is 13.2. The van der Waals surface area contributed by atoms with E-state index >= 15 is 0 Å². The zero-order valence-electron chi connectivity index (χ0n) is 10.2. The Labute approximate surface area is 101 Å². The number of rotatable bonds is 5. The molecular weight excluding hydrogens is 218 g/mol. The van der Waals surface area contributed by atoms with Crippen LogP contribution in [0.3, 0.4) is 0 Å². The molecule has 1 N–H and O–H groups in total. The van der Waals surface area contributed by atoms with Crippen LogP contribution in [0.1, 0.15) is 24.0 Å². The molecule has 1 rings (SSSR count). The van der Waals surface area contributed by atoms with Gasteiger partial charge >= 0.3 is 5.97 Å². The molecule has 0 fully saturated rings. The summed E-state index contributed by atoms with van der Waals surface area (Å²) in [6, 6.07) is 7.92. The SMILES string of the molecule is COC(=O)CCC(=O)NCc1cccc(C)c1. The van der Waals surface area contributed by atoms with Crippen molar-refractivity contribution >= 4 is 11.9 Å². The minimum atomic E-state index is -0.365. The highest BCUT2D eigenvalue weighted by atomic mass is 16.5. The lowest BCUT2D eigenvalue weighted by atomic mass is 10.1. The number of carbonyl (C=O) groups is 2. The second kappa shape index (κ2) is 6.68. The number of aryl methyl sites for hydroxylation is 1. The largest absolute Gasteiger partial charge is 0.469 e. The molecule has 4 heteroatoms. The molecule has 17 heavy (non-hydrogen) atoms. The second-order valence-corrected chi connectivity index (χ2v) is 3.84. The van der Waals surface area contributed by atoms with Gasteiger partial charge in [-0.15, -0.1) is 0 Å². The Morgan fingerprint density at radius 2 is 2.06 bits per heavy atom. The summed E-state index contributed by atoms with van der Waals surface area (Å²) in [5, 5.41) is 2.76. The van der Waals surface area contributed by atoms with Crippen LogP contribution in [0.25, 0.3) is 0 Å². The Balaban J connectivity index is 2.31. The van der Waals surface area contributed by atoms with Crippen molar-refractivity contribution < 1.29 is 14.3 Å². The van der Waals surface area contributed by atoms with Gasteiger partial charge in [-0.05, 0) is 12.5 Å². The lowest BCUT2D eigenvalue weighted by molar-refractivity contribution is -0.142. The van der Waals surface area contributed by atoms with E-state index in [4.69, 9.17) is 0 Å². The maximum Gasteiger partial charge on any atom is 0.306 e. The summed E-state index contributed by atoms with van der Waals surface area (Å²) >= 11 is 0. The van der Waals surface area contributed by atoms with E-state index in [1.165, 1.54) is 7.11 Å². The van der Waals surface area contributed by atoms with E-state index < -0.39 is 0 Å². The Morgan fingerprint density at radius 1 is 1.29 bits per heavy atom. The number of hydrogen-bond acceptors (Lipinski definition) is 3. The summed E-state index contributed by atoms with van der Waals surface area (Å²) in [5.74, 6) is -0.507. The van der Waals surface area contributed by atoms with Crippen LogP contribution in [0.5, 0.6) is 0 Å². The Hall–Kier alpha value is -1.84. The van der Waals surface area contributed by atoms with Crippen molar-refractivity contribution in [1.29, 1.82) is 0 Å². The lowest BCUT2D eigenvalue weighted by Gasteiger charge is -2.05. The van der Waals surface area contributed by atoms with Gasteiger partial charge in [-0.25, -0.2) is 0 Å². The van der Waals surface area contributed by atoms with E-state index in [0.29, 0.717) is 6.54 Å². The van der Waals surface area contributed by atoms with Gasteiger partial charge in [-0.3, -0.25) is 9.59 Å². The van der Waals surface area contributed by atoms with Crippen molar-refractivity contribution in [2.75, 3.05) is 7.11 Å². The van der Waals surface area contributed by atoms with Gasteiger partial charge in [0.2, 0.25) is 5.91 Å². The van der Waals surface area contributed by atoms with Gasteiger partial charge in [0.15, 0.2) is 0 Å². The van der Waals surface area contributed by atoms with Gasteiger partial charge < -0.3 is 10.1 Å². The number of ether oxygens (including phenoxy) is 1. The van der Waals surface area contributed by atoms with Crippen molar-refractivity contribution in [1.82, 2.24) is 5.32 Å². The molecule has 0 saturated heterocycles. The molecule has 0 aliphatic heterocycles. The molecule has 0 aromatic heterocycles. The summed E-state index contributed by atoms with van der Waals surface area (Å²) in [5.41, 5.74) is 2.21. The standard InChI is InChI=1S/C13H17NO3/c1-10-4-3-5-11(8-10)9-14-12(15)6-7-13(16)17-2/h3-5,8H,6-7,9H2,1-2H3,(H,14,15). The number of amides is 1. The summed E-state index contributed by atoms with van der Waals surface area (Å²) in [7, 11) is 1.31. The van der Waals surface area contributed by atoms with Crippen LogP contribution in [-0.2, 0) is 20.9 Å². The average Bonchev–Trinajstić information content (AvgIpc) is 2.33. The van der Waals surface area contributed by atoms with Crippen molar-refractivity contribution in [3.63, 3.8) is 0 Å². The first-order valence-corrected chi connectivity index (χ1v) is 5.51. The van der Waals surface area contributed by atoms with Gasteiger partial charge in [0.05, 0.1) is 13.5 Å². The third-order valence-corrected chi connectivity index (χ3v) is 2.36. The van der Waals surface area contributed by atoms with Gasteiger partial charge in [0.25, 0.3) is 0 Å². The number of hydrogen-bond donors (Lipinski definition) is 1. The topological polar surface area (TPSA) is 55.4 Å². The molecule has 0 heterocycles. The lowest BCUT2D eigenvalue weighted by Crippen LogP contribution is -2.23. The molecule has 0 saturated carbocycles. The normalized spacial score (nSPS) is 9.76. The highest BCUT2D eigenvalue weighted by Crippen LogP contribution is 2.03. The van der Waals surface area contributed by atoms with Crippen LogP contribution >= 0.6 is 0 Å². The first-order chi connectivity index (χ1) is 8.11. The second-order valence-electron chi connectivity index (χ2n) is 3.84. The molecule has 0 radical (unpaired) electrons. The fourth-order valence-corrected chi connectivity index (χ4v) is 1.43. The number of esters is 1. The Bertz CT molecular complexity index is 401. The quantitative estimate of drug-likeness (QED) is 0.788. The Morgan fingerprint density at radius 3 is 2.71 bits per heavy atom. The maximum absolute atomic E-state index is 11.4. The fourth-order valence-electron chi connectivity index (χ4n) is 1.43. The minimum absolute atomic E-state index is 0.121. The molecule has 1 aromatic carbocycles. The molecule has 0 spiro atoms. The van der Waals surface area contributed by atoms with Gasteiger partial charge in [-0.1, -0.05) is 29.8 Å². The molecule has 0 bridgehead atoms. The molecule has 0 atom stereocenters. The van der Waals surface area contributed by atoms with E-state index in [0.717, 1.165) is 11.1 Å². The van der Waals surface area contributed by atoms with E-state index in [2.05, 4.69) is 10.1 Å². The van der Waals surface area contributed by atoms with Crippen molar-refractivity contribution in [2.24, 2.45) is 0 Å². The highest BCUT2D eigenvalue weighted by Gasteiger charge is 2.06. The third kappa shape index (κ3) is 5.15. The number of methoxy groups -OCH3 is 1. The maximum atomic E-state index is 11.4. The van der Waals surface area contributed by atoms with Crippen LogP contribution in [0.2, 0.25) is 0 Å². The van der Waals surface area contributed by atoms with Crippen LogP contribution in [0.4, 0.5) is 0 Å². The van der Waals surface area contributed by atoms with Crippen LogP contribution in [0, 0.1) is 6.92 Å². The van der Waals surface area contributed by atoms with Crippen LogP contribution < -0.4 is 5.32 Å². The Kier molecular flexibility index (Phi) is 5.20. The predicted octanol–water partition coefficient (Wildman–Crippen LogP) is 1.56. The number of benzene rings is 1. The fraction of sp³-hybridized carbons (Fsp3) is 0.385. The summed E-state index contributed by atoms with van der Waals surface area (Å²) in [6.45, 7) is 2.49. The zero-order valence-corrected chi connectivity index (χ0v) is 10.2. The molecule has 92 valence electrons.